The maximum atomic E-state index is 5.97. The summed E-state index contributed by atoms with van der Waals surface area (Å²) in [6.45, 7) is 0.904. The number of nitrogens with two attached hydrogens (primary N) is 1. The average Bonchev–Trinajstić information content (AvgIpc) is 2.34. The predicted molar refractivity (Wildman–Crippen MR) is 77.2 cm³/mol. The molecule has 2 aromatic rings. The topological polar surface area (TPSA) is 38.0 Å². The second-order valence-electron chi connectivity index (χ2n) is 4.71. The van der Waals surface area contributed by atoms with E-state index in [1.54, 1.807) is 6.07 Å². The third-order valence-corrected chi connectivity index (χ3v) is 3.75. The van der Waals surface area contributed by atoms with Crippen LogP contribution in [-0.4, -0.2) is 6.54 Å². The van der Waals surface area contributed by atoms with Gasteiger partial charge in [0.05, 0.1) is 11.4 Å². The summed E-state index contributed by atoms with van der Waals surface area (Å²) in [5.74, 6) is 0.583. The number of benzene rings is 2. The highest BCUT2D eigenvalue weighted by molar-refractivity contribution is 6.31. The molecular weight excluding hydrogens is 244 g/mol. The van der Waals surface area contributed by atoms with Gasteiger partial charge in [-0.2, -0.15) is 0 Å². The molecule has 1 unspecified atom stereocenters. The Morgan fingerprint density at radius 3 is 2.89 bits per heavy atom. The summed E-state index contributed by atoms with van der Waals surface area (Å²) in [6, 6.07) is 14.1. The van der Waals surface area contributed by atoms with Crippen molar-refractivity contribution in [3.8, 4) is 0 Å². The number of anilines is 2. The Morgan fingerprint density at radius 2 is 2.06 bits per heavy atom. The molecule has 0 saturated carbocycles. The molecular formula is C15H15ClN2. The van der Waals surface area contributed by atoms with Gasteiger partial charge in [-0.25, -0.2) is 0 Å². The molecule has 0 heterocycles. The minimum Gasteiger partial charge on any atom is -0.397 e. The van der Waals surface area contributed by atoms with Gasteiger partial charge in [0.1, 0.15) is 0 Å². The average molecular weight is 259 g/mol. The third-order valence-electron chi connectivity index (χ3n) is 3.52. The van der Waals surface area contributed by atoms with Gasteiger partial charge in [0, 0.05) is 17.5 Å². The van der Waals surface area contributed by atoms with E-state index in [1.165, 1.54) is 11.1 Å². The van der Waals surface area contributed by atoms with E-state index in [4.69, 9.17) is 17.3 Å². The lowest BCUT2D eigenvalue weighted by atomic mass is 9.77. The standard InChI is InChI=1S/C15H15ClN2/c16-12-5-6-14(17)15(8-12)18-9-11-7-10-3-1-2-4-13(10)11/h1-6,8,11,18H,7,9,17H2. The monoisotopic (exact) mass is 258 g/mol. The molecule has 0 aromatic heterocycles. The molecule has 0 spiro atoms. The van der Waals surface area contributed by atoms with Crippen LogP contribution in [0, 0.1) is 0 Å². The first-order valence-corrected chi connectivity index (χ1v) is 6.48. The van der Waals surface area contributed by atoms with Gasteiger partial charge in [-0.15, -0.1) is 0 Å². The summed E-state index contributed by atoms with van der Waals surface area (Å²) in [4.78, 5) is 0. The summed E-state index contributed by atoms with van der Waals surface area (Å²) in [7, 11) is 0. The van der Waals surface area contributed by atoms with Crippen molar-refractivity contribution in [2.75, 3.05) is 17.6 Å². The van der Waals surface area contributed by atoms with Gasteiger partial charge in [0.15, 0.2) is 0 Å². The normalized spacial score (nSPS) is 16.8. The van der Waals surface area contributed by atoms with Crippen LogP contribution in [0.1, 0.15) is 17.0 Å². The molecule has 0 saturated heterocycles. The molecule has 2 aromatic carbocycles. The Morgan fingerprint density at radius 1 is 1.22 bits per heavy atom. The van der Waals surface area contributed by atoms with Gasteiger partial charge in [0.25, 0.3) is 0 Å². The lowest BCUT2D eigenvalue weighted by Gasteiger charge is -2.30. The molecule has 1 aliphatic carbocycles. The van der Waals surface area contributed by atoms with Crippen molar-refractivity contribution in [3.63, 3.8) is 0 Å². The molecule has 0 aliphatic heterocycles. The highest BCUT2D eigenvalue weighted by atomic mass is 35.5. The van der Waals surface area contributed by atoms with E-state index >= 15 is 0 Å². The summed E-state index contributed by atoms with van der Waals surface area (Å²) >= 11 is 5.97. The van der Waals surface area contributed by atoms with Gasteiger partial charge in [-0.05, 0) is 35.7 Å². The van der Waals surface area contributed by atoms with Gasteiger partial charge in [-0.1, -0.05) is 35.9 Å². The first kappa shape index (κ1) is 11.4. The number of hydrogen-bond donors (Lipinski definition) is 2. The zero-order valence-electron chi connectivity index (χ0n) is 9.99. The fraction of sp³-hybridized carbons (Fsp3) is 0.200. The minimum absolute atomic E-state index is 0.583. The molecule has 3 rings (SSSR count). The van der Waals surface area contributed by atoms with E-state index in [1.807, 2.05) is 12.1 Å². The summed E-state index contributed by atoms with van der Waals surface area (Å²) < 4.78 is 0. The predicted octanol–water partition coefficient (Wildman–Crippen LogP) is 3.67. The number of halogens is 1. The van der Waals surface area contributed by atoms with Crippen molar-refractivity contribution in [3.05, 3.63) is 58.6 Å². The molecule has 2 nitrogen and oxygen atoms in total. The van der Waals surface area contributed by atoms with Gasteiger partial charge in [-0.3, -0.25) is 0 Å². The number of nitrogen functional groups attached to an aromatic ring is 1. The summed E-state index contributed by atoms with van der Waals surface area (Å²) in [5, 5.41) is 4.10. The Hall–Kier alpha value is -1.67. The molecule has 0 bridgehead atoms. The van der Waals surface area contributed by atoms with E-state index in [-0.39, 0.29) is 0 Å². The van der Waals surface area contributed by atoms with E-state index < -0.39 is 0 Å². The molecule has 1 aliphatic rings. The van der Waals surface area contributed by atoms with E-state index in [0.717, 1.165) is 24.3 Å². The van der Waals surface area contributed by atoms with Crippen LogP contribution >= 0.6 is 11.6 Å². The first-order chi connectivity index (χ1) is 8.74. The fourth-order valence-corrected chi connectivity index (χ4v) is 2.63. The van der Waals surface area contributed by atoms with Gasteiger partial charge < -0.3 is 11.1 Å². The van der Waals surface area contributed by atoms with E-state index in [0.29, 0.717) is 10.9 Å². The number of rotatable bonds is 3. The lowest BCUT2D eigenvalue weighted by molar-refractivity contribution is 0.636. The summed E-state index contributed by atoms with van der Waals surface area (Å²) in [6.07, 6.45) is 1.14. The van der Waals surface area contributed by atoms with Gasteiger partial charge in [0.2, 0.25) is 0 Å². The summed E-state index contributed by atoms with van der Waals surface area (Å²) in [5.41, 5.74) is 10.5. The molecule has 92 valence electrons. The Balaban J connectivity index is 1.68. The third kappa shape index (κ3) is 2.04. The first-order valence-electron chi connectivity index (χ1n) is 6.11. The van der Waals surface area contributed by atoms with Crippen LogP contribution in [0.5, 0.6) is 0 Å². The van der Waals surface area contributed by atoms with Crippen molar-refractivity contribution in [2.45, 2.75) is 12.3 Å². The largest absolute Gasteiger partial charge is 0.397 e. The lowest BCUT2D eigenvalue weighted by Crippen LogP contribution is -2.24. The van der Waals surface area contributed by atoms with Crippen molar-refractivity contribution in [1.29, 1.82) is 0 Å². The van der Waals surface area contributed by atoms with E-state index in [9.17, 15) is 0 Å². The van der Waals surface area contributed by atoms with Crippen LogP contribution in [-0.2, 0) is 6.42 Å². The molecule has 0 amide bonds. The van der Waals surface area contributed by atoms with Crippen molar-refractivity contribution in [1.82, 2.24) is 0 Å². The smallest absolute Gasteiger partial charge is 0.0589 e. The molecule has 3 N–H and O–H groups in total. The Labute approximate surface area is 112 Å². The number of fused-ring (bicyclic) bond motifs is 1. The minimum atomic E-state index is 0.583. The molecule has 0 fully saturated rings. The Kier molecular flexibility index (Phi) is 2.88. The van der Waals surface area contributed by atoms with E-state index in [2.05, 4.69) is 29.6 Å². The molecule has 0 radical (unpaired) electrons. The number of hydrogen-bond acceptors (Lipinski definition) is 2. The highest BCUT2D eigenvalue weighted by Crippen LogP contribution is 2.35. The highest BCUT2D eigenvalue weighted by Gasteiger charge is 2.24. The second kappa shape index (κ2) is 4.54. The van der Waals surface area contributed by atoms with Crippen LogP contribution in [0.2, 0.25) is 5.02 Å². The van der Waals surface area contributed by atoms with Crippen LogP contribution in [0.4, 0.5) is 11.4 Å². The SMILES string of the molecule is Nc1ccc(Cl)cc1NCC1Cc2ccccc21. The molecule has 18 heavy (non-hydrogen) atoms. The maximum absolute atomic E-state index is 5.97. The fourth-order valence-electron chi connectivity index (χ4n) is 2.46. The van der Waals surface area contributed by atoms with Crippen molar-refractivity contribution < 1.29 is 0 Å². The Bertz CT molecular complexity index is 580. The van der Waals surface area contributed by atoms with Crippen molar-refractivity contribution in [2.24, 2.45) is 0 Å². The number of nitrogens with one attached hydrogen (secondary N) is 1. The van der Waals surface area contributed by atoms with Crippen LogP contribution in [0.15, 0.2) is 42.5 Å². The van der Waals surface area contributed by atoms with Crippen LogP contribution in [0.3, 0.4) is 0 Å². The quantitative estimate of drug-likeness (QED) is 0.825. The molecule has 1 atom stereocenters. The van der Waals surface area contributed by atoms with Crippen molar-refractivity contribution >= 4 is 23.0 Å². The van der Waals surface area contributed by atoms with Crippen LogP contribution < -0.4 is 11.1 Å². The zero-order valence-corrected chi connectivity index (χ0v) is 10.7. The maximum Gasteiger partial charge on any atom is 0.0589 e. The zero-order chi connectivity index (χ0) is 12.5. The molecule has 3 heteroatoms. The second-order valence-corrected chi connectivity index (χ2v) is 5.15. The van der Waals surface area contributed by atoms with Gasteiger partial charge >= 0.3 is 0 Å². The van der Waals surface area contributed by atoms with Crippen LogP contribution in [0.25, 0.3) is 0 Å².